The fourth-order valence-corrected chi connectivity index (χ4v) is 1.27. The van der Waals surface area contributed by atoms with Crippen molar-refractivity contribution in [3.63, 3.8) is 0 Å². The van der Waals surface area contributed by atoms with Crippen LogP contribution in [-0.4, -0.2) is 22.6 Å². The Morgan fingerprint density at radius 2 is 1.33 bits per heavy atom. The minimum atomic E-state index is 0. The molecule has 2 N–H and O–H groups in total. The first kappa shape index (κ1) is 11.9. The van der Waals surface area contributed by atoms with Gasteiger partial charge >= 0.3 is 2.85 Å². The summed E-state index contributed by atoms with van der Waals surface area (Å²) in [6, 6.07) is 15.1. The molecule has 0 amide bonds. The Labute approximate surface area is 108 Å². The van der Waals surface area contributed by atoms with Crippen LogP contribution in [0.25, 0.3) is 0 Å². The molecular formula is C14H12N2O2. The fourth-order valence-electron chi connectivity index (χ4n) is 1.27. The van der Waals surface area contributed by atoms with Gasteiger partial charge in [0, 0.05) is 23.9 Å². The van der Waals surface area contributed by atoms with Gasteiger partial charge in [0.05, 0.1) is 0 Å². The van der Waals surface area contributed by atoms with Crippen molar-refractivity contribution >= 4 is 12.4 Å². The van der Waals surface area contributed by atoms with E-state index in [0.717, 1.165) is 0 Å². The zero-order chi connectivity index (χ0) is 12.8. The SMILES string of the molecule is Oc1cc[c-]cc1/C=N/N=C/c1c[c-]ccc1O.[H+].[H+]. The minimum absolute atomic E-state index is 0. The van der Waals surface area contributed by atoms with Gasteiger partial charge in [0.1, 0.15) is 0 Å². The van der Waals surface area contributed by atoms with Crippen LogP contribution in [0.4, 0.5) is 0 Å². The van der Waals surface area contributed by atoms with E-state index in [1.807, 2.05) is 0 Å². The largest absolute Gasteiger partial charge is 1.00 e. The summed E-state index contributed by atoms with van der Waals surface area (Å²) in [5.74, 6) is 0.229. The summed E-state index contributed by atoms with van der Waals surface area (Å²) >= 11 is 0. The van der Waals surface area contributed by atoms with Crippen LogP contribution in [0, 0.1) is 12.1 Å². The second-order valence-corrected chi connectivity index (χ2v) is 3.46. The molecule has 0 bridgehead atoms. The molecule has 0 heterocycles. The number of aromatic hydroxyl groups is 2. The smallest absolute Gasteiger partial charge is 0.533 e. The highest BCUT2D eigenvalue weighted by molar-refractivity contribution is 5.86. The molecule has 0 aliphatic heterocycles. The molecule has 0 unspecified atom stereocenters. The number of phenolic OH excluding ortho intramolecular Hbond substituents is 2. The van der Waals surface area contributed by atoms with Crippen LogP contribution >= 0.6 is 0 Å². The molecule has 90 valence electrons. The number of hydrogen-bond donors (Lipinski definition) is 2. The van der Waals surface area contributed by atoms with Crippen LogP contribution in [0.15, 0.2) is 46.6 Å². The molecule has 2 aromatic rings. The quantitative estimate of drug-likeness (QED) is 0.491. The third-order valence-electron chi connectivity index (χ3n) is 2.20. The van der Waals surface area contributed by atoms with Crippen molar-refractivity contribution in [3.8, 4) is 11.5 Å². The molecule has 2 rings (SSSR count). The van der Waals surface area contributed by atoms with Gasteiger partial charge in [-0.25, -0.2) is 0 Å². The lowest BCUT2D eigenvalue weighted by molar-refractivity contribution is 0.474. The summed E-state index contributed by atoms with van der Waals surface area (Å²) in [5.41, 5.74) is 1.05. The van der Waals surface area contributed by atoms with E-state index < -0.39 is 0 Å². The first-order chi connectivity index (χ1) is 8.77. The Hall–Kier alpha value is -2.62. The molecule has 0 saturated carbocycles. The first-order valence-electron chi connectivity index (χ1n) is 5.22. The van der Waals surface area contributed by atoms with E-state index in [-0.39, 0.29) is 14.4 Å². The Kier molecular flexibility index (Phi) is 3.71. The van der Waals surface area contributed by atoms with Gasteiger partial charge in [0.15, 0.2) is 0 Å². The van der Waals surface area contributed by atoms with Crippen molar-refractivity contribution in [2.24, 2.45) is 10.2 Å². The highest BCUT2D eigenvalue weighted by Gasteiger charge is 1.85. The van der Waals surface area contributed by atoms with E-state index in [4.69, 9.17) is 0 Å². The summed E-state index contributed by atoms with van der Waals surface area (Å²) in [4.78, 5) is 0. The van der Waals surface area contributed by atoms with Crippen LogP contribution in [0.3, 0.4) is 0 Å². The van der Waals surface area contributed by atoms with Gasteiger partial charge in [-0.1, -0.05) is 11.1 Å². The van der Waals surface area contributed by atoms with E-state index in [1.165, 1.54) is 24.6 Å². The maximum absolute atomic E-state index is 9.46. The Bertz CT molecular complexity index is 548. The number of nitrogens with zero attached hydrogens (tertiary/aromatic N) is 2. The summed E-state index contributed by atoms with van der Waals surface area (Å²) in [5, 5.41) is 26.5. The van der Waals surface area contributed by atoms with Crippen molar-refractivity contribution in [1.29, 1.82) is 0 Å². The third-order valence-corrected chi connectivity index (χ3v) is 2.20. The molecule has 0 radical (unpaired) electrons. The molecule has 0 atom stereocenters. The summed E-state index contributed by atoms with van der Waals surface area (Å²) in [7, 11) is 0. The monoisotopic (exact) mass is 240 g/mol. The average Bonchev–Trinajstić information content (AvgIpc) is 2.38. The minimum Gasteiger partial charge on any atom is -0.533 e. The van der Waals surface area contributed by atoms with Crippen LogP contribution in [0.1, 0.15) is 14.0 Å². The molecule has 0 aliphatic rings. The van der Waals surface area contributed by atoms with Crippen LogP contribution in [0.5, 0.6) is 11.5 Å². The lowest BCUT2D eigenvalue weighted by atomic mass is 10.2. The van der Waals surface area contributed by atoms with Gasteiger partial charge in [-0.2, -0.15) is 46.6 Å². The Balaban J connectivity index is 0.00000180. The van der Waals surface area contributed by atoms with E-state index in [2.05, 4.69) is 22.3 Å². The normalized spacial score (nSPS) is 11.3. The van der Waals surface area contributed by atoms with Gasteiger partial charge in [0.25, 0.3) is 0 Å². The number of hydrogen-bond acceptors (Lipinski definition) is 4. The molecule has 18 heavy (non-hydrogen) atoms. The molecule has 4 heteroatoms. The molecular weight excluding hydrogens is 228 g/mol. The van der Waals surface area contributed by atoms with Gasteiger partial charge in [-0.15, -0.1) is 12.1 Å². The molecule has 0 spiro atoms. The zero-order valence-electron chi connectivity index (χ0n) is 11.4. The van der Waals surface area contributed by atoms with E-state index in [0.29, 0.717) is 11.1 Å². The fraction of sp³-hybridized carbons (Fsp3) is 0. The highest BCUT2D eigenvalue weighted by Crippen LogP contribution is 2.13. The van der Waals surface area contributed by atoms with Crippen molar-refractivity contribution in [3.05, 3.63) is 59.7 Å². The second-order valence-electron chi connectivity index (χ2n) is 3.46. The molecule has 0 aromatic heterocycles. The number of benzene rings is 2. The lowest BCUT2D eigenvalue weighted by Crippen LogP contribution is -1.82. The first-order valence-corrected chi connectivity index (χ1v) is 5.22. The van der Waals surface area contributed by atoms with Gasteiger partial charge in [0.2, 0.25) is 0 Å². The van der Waals surface area contributed by atoms with Gasteiger partial charge in [-0.05, 0) is 0 Å². The topological polar surface area (TPSA) is 65.2 Å². The molecule has 0 saturated heterocycles. The zero-order valence-corrected chi connectivity index (χ0v) is 9.41. The third kappa shape index (κ3) is 2.95. The van der Waals surface area contributed by atoms with Crippen LogP contribution in [0.2, 0.25) is 0 Å². The maximum Gasteiger partial charge on any atom is 1.00 e. The van der Waals surface area contributed by atoms with E-state index in [1.54, 1.807) is 24.3 Å². The standard InChI is InChI=1S/C14H10N2O2/c17-13-7-3-1-5-11(13)9-15-16-10-12-6-2-4-8-14(12)18/h3-10,17-18H/q-2/p+2/b15-9+,16-10+. The summed E-state index contributed by atoms with van der Waals surface area (Å²) < 4.78 is 0. The van der Waals surface area contributed by atoms with Gasteiger partial charge in [-0.3, -0.25) is 0 Å². The molecule has 2 aromatic carbocycles. The predicted molar refractivity (Wildman–Crippen MR) is 71.3 cm³/mol. The molecule has 0 fully saturated rings. The number of phenols is 2. The Morgan fingerprint density at radius 1 is 0.889 bits per heavy atom. The average molecular weight is 240 g/mol. The lowest BCUT2D eigenvalue weighted by Gasteiger charge is -2.04. The summed E-state index contributed by atoms with van der Waals surface area (Å²) in [6.45, 7) is 0. The molecule has 0 aliphatic carbocycles. The summed E-state index contributed by atoms with van der Waals surface area (Å²) in [6.07, 6.45) is 2.82. The molecule has 4 nitrogen and oxygen atoms in total. The van der Waals surface area contributed by atoms with Gasteiger partial charge < -0.3 is 10.2 Å². The van der Waals surface area contributed by atoms with Crippen LogP contribution < -0.4 is 0 Å². The predicted octanol–water partition coefficient (Wildman–Crippen LogP) is 2.38. The van der Waals surface area contributed by atoms with Crippen molar-refractivity contribution in [2.75, 3.05) is 0 Å². The van der Waals surface area contributed by atoms with E-state index in [9.17, 15) is 10.2 Å². The maximum atomic E-state index is 9.46. The van der Waals surface area contributed by atoms with E-state index >= 15 is 0 Å². The number of rotatable bonds is 3. The second kappa shape index (κ2) is 5.63. The Morgan fingerprint density at radius 3 is 1.72 bits per heavy atom. The van der Waals surface area contributed by atoms with Crippen LogP contribution in [-0.2, 0) is 0 Å². The highest BCUT2D eigenvalue weighted by atomic mass is 16.3. The van der Waals surface area contributed by atoms with Crippen molar-refractivity contribution < 1.29 is 13.1 Å². The van der Waals surface area contributed by atoms with Crippen molar-refractivity contribution in [1.82, 2.24) is 0 Å². The van der Waals surface area contributed by atoms with Crippen molar-refractivity contribution in [2.45, 2.75) is 0 Å².